The molecular weight excluding hydrogens is 366 g/mol. The minimum atomic E-state index is -1.10. The number of nitrogens with one attached hydrogen (secondary N) is 1. The number of amides is 1. The molecule has 0 spiro atoms. The zero-order chi connectivity index (χ0) is 19.6. The Morgan fingerprint density at radius 2 is 1.85 bits per heavy atom. The molecule has 0 atom stereocenters. The van der Waals surface area contributed by atoms with Crippen LogP contribution in [-0.2, 0) is 11.3 Å². The molecule has 6 nitrogen and oxygen atoms in total. The molecule has 2 aromatic carbocycles. The van der Waals surface area contributed by atoms with Crippen LogP contribution in [0.2, 0.25) is 5.02 Å². The van der Waals surface area contributed by atoms with Crippen molar-refractivity contribution in [2.45, 2.75) is 26.0 Å². The first-order valence-electron chi connectivity index (χ1n) is 8.44. The molecule has 1 N–H and O–H groups in total. The van der Waals surface area contributed by atoms with Crippen molar-refractivity contribution in [1.82, 2.24) is 14.9 Å². The number of H-pyrrole nitrogens is 1. The second-order valence-electron chi connectivity index (χ2n) is 6.76. The number of benzene rings is 2. The lowest BCUT2D eigenvalue weighted by Gasteiger charge is -2.30. The van der Waals surface area contributed by atoms with Crippen molar-refractivity contribution in [3.8, 4) is 5.75 Å². The van der Waals surface area contributed by atoms with E-state index in [2.05, 4.69) is 9.97 Å². The van der Waals surface area contributed by atoms with Crippen molar-refractivity contribution < 1.29 is 9.53 Å². The van der Waals surface area contributed by atoms with Crippen LogP contribution in [0.5, 0.6) is 5.75 Å². The maximum absolute atomic E-state index is 12.8. The first-order chi connectivity index (χ1) is 12.8. The molecule has 0 aliphatic carbocycles. The highest BCUT2D eigenvalue weighted by molar-refractivity contribution is 6.30. The Hall–Kier alpha value is -2.86. The first kappa shape index (κ1) is 18.9. The SMILES string of the molecule is CN(Cc1nc2ccccc2c(=O)[nH]1)C(=O)C(C)(C)Oc1ccc(Cl)cc1. The Bertz CT molecular complexity index is 1030. The van der Waals surface area contributed by atoms with Gasteiger partial charge in [-0.15, -0.1) is 0 Å². The van der Waals surface area contributed by atoms with Crippen molar-refractivity contribution in [3.05, 3.63) is 69.7 Å². The standard InChI is InChI=1S/C20H20ClN3O3/c1-20(2,27-14-10-8-13(21)9-11-14)19(26)24(3)12-17-22-16-7-5-4-6-15(16)18(25)23-17/h4-11H,12H2,1-3H3,(H,22,23,25). The molecule has 0 radical (unpaired) electrons. The van der Waals surface area contributed by atoms with E-state index in [1.165, 1.54) is 4.90 Å². The largest absolute Gasteiger partial charge is 0.478 e. The topological polar surface area (TPSA) is 75.3 Å². The quantitative estimate of drug-likeness (QED) is 0.730. The lowest BCUT2D eigenvalue weighted by Crippen LogP contribution is -2.47. The number of rotatable bonds is 5. The first-order valence-corrected chi connectivity index (χ1v) is 8.82. The second-order valence-corrected chi connectivity index (χ2v) is 7.19. The molecule has 0 fully saturated rings. The Morgan fingerprint density at radius 3 is 2.56 bits per heavy atom. The third-order valence-corrected chi connectivity index (χ3v) is 4.35. The molecule has 0 bridgehead atoms. The highest BCUT2D eigenvalue weighted by Crippen LogP contribution is 2.22. The van der Waals surface area contributed by atoms with Crippen LogP contribution in [0.3, 0.4) is 0 Å². The summed E-state index contributed by atoms with van der Waals surface area (Å²) in [6.45, 7) is 3.54. The lowest BCUT2D eigenvalue weighted by molar-refractivity contribution is -0.144. The summed E-state index contributed by atoms with van der Waals surface area (Å²) in [5.41, 5.74) is -0.735. The number of aromatic amines is 1. The normalized spacial score (nSPS) is 11.4. The molecule has 1 aromatic heterocycles. The fourth-order valence-electron chi connectivity index (χ4n) is 2.81. The van der Waals surface area contributed by atoms with E-state index in [4.69, 9.17) is 16.3 Å². The molecule has 0 aliphatic heterocycles. The average Bonchev–Trinajstić information content (AvgIpc) is 2.63. The van der Waals surface area contributed by atoms with Crippen LogP contribution in [0.4, 0.5) is 0 Å². The van der Waals surface area contributed by atoms with E-state index in [-0.39, 0.29) is 18.0 Å². The van der Waals surface area contributed by atoms with Gasteiger partial charge in [0.1, 0.15) is 11.6 Å². The summed E-state index contributed by atoms with van der Waals surface area (Å²) >= 11 is 5.87. The third-order valence-electron chi connectivity index (χ3n) is 4.10. The van der Waals surface area contributed by atoms with E-state index in [1.807, 2.05) is 6.07 Å². The number of fused-ring (bicyclic) bond motifs is 1. The summed E-state index contributed by atoms with van der Waals surface area (Å²) in [5, 5.41) is 1.11. The van der Waals surface area contributed by atoms with Crippen LogP contribution in [0, 0.1) is 0 Å². The molecule has 3 rings (SSSR count). The Morgan fingerprint density at radius 1 is 1.19 bits per heavy atom. The van der Waals surface area contributed by atoms with Crippen molar-refractivity contribution in [2.24, 2.45) is 0 Å². The Labute approximate surface area is 161 Å². The number of nitrogens with zero attached hydrogens (tertiary/aromatic N) is 2. The van der Waals surface area contributed by atoms with Crippen LogP contribution in [0.25, 0.3) is 10.9 Å². The number of para-hydroxylation sites is 1. The van der Waals surface area contributed by atoms with Gasteiger partial charge in [0.15, 0.2) is 5.60 Å². The van der Waals surface area contributed by atoms with Crippen molar-refractivity contribution in [1.29, 1.82) is 0 Å². The number of ether oxygens (including phenoxy) is 1. The summed E-state index contributed by atoms with van der Waals surface area (Å²) in [6.07, 6.45) is 0. The van der Waals surface area contributed by atoms with Gasteiger partial charge in [0.2, 0.25) is 0 Å². The third kappa shape index (κ3) is 4.28. The number of carbonyl (C=O) groups is 1. The zero-order valence-corrected chi connectivity index (χ0v) is 16.1. The lowest BCUT2D eigenvalue weighted by atomic mass is 10.1. The van der Waals surface area contributed by atoms with Crippen LogP contribution in [0.15, 0.2) is 53.3 Å². The highest BCUT2D eigenvalue weighted by Gasteiger charge is 2.33. The number of likely N-dealkylation sites (N-methyl/N-ethyl adjacent to an activating group) is 1. The van der Waals surface area contributed by atoms with E-state index in [1.54, 1.807) is 63.4 Å². The van der Waals surface area contributed by atoms with Gasteiger partial charge in [-0.05, 0) is 50.2 Å². The number of aromatic nitrogens is 2. The van der Waals surface area contributed by atoms with E-state index in [9.17, 15) is 9.59 Å². The summed E-state index contributed by atoms with van der Waals surface area (Å²) < 4.78 is 5.83. The summed E-state index contributed by atoms with van der Waals surface area (Å²) in [7, 11) is 1.64. The van der Waals surface area contributed by atoms with Gasteiger partial charge in [0.05, 0.1) is 17.4 Å². The van der Waals surface area contributed by atoms with Crippen LogP contribution in [0.1, 0.15) is 19.7 Å². The molecular formula is C20H20ClN3O3. The van der Waals surface area contributed by atoms with Crippen LogP contribution in [-0.4, -0.2) is 33.4 Å². The van der Waals surface area contributed by atoms with Gasteiger partial charge in [-0.25, -0.2) is 4.98 Å². The molecule has 0 saturated carbocycles. The molecule has 0 aliphatic rings. The van der Waals surface area contributed by atoms with Gasteiger partial charge in [0.25, 0.3) is 11.5 Å². The molecule has 27 heavy (non-hydrogen) atoms. The Balaban J connectivity index is 1.76. The van der Waals surface area contributed by atoms with Crippen molar-refractivity contribution in [3.63, 3.8) is 0 Å². The van der Waals surface area contributed by atoms with Crippen LogP contribution < -0.4 is 10.3 Å². The van der Waals surface area contributed by atoms with Crippen molar-refractivity contribution in [2.75, 3.05) is 7.05 Å². The van der Waals surface area contributed by atoms with E-state index < -0.39 is 5.60 Å². The fraction of sp³-hybridized carbons (Fsp3) is 0.250. The monoisotopic (exact) mass is 385 g/mol. The maximum Gasteiger partial charge on any atom is 0.266 e. The second kappa shape index (κ2) is 7.40. The predicted octanol–water partition coefficient (Wildman–Crippen LogP) is 3.39. The molecule has 0 unspecified atom stereocenters. The van der Waals surface area contributed by atoms with Gasteiger partial charge < -0.3 is 14.6 Å². The molecule has 0 saturated heterocycles. The van der Waals surface area contributed by atoms with Gasteiger partial charge in [0, 0.05) is 12.1 Å². The molecule has 1 amide bonds. The predicted molar refractivity (Wildman–Crippen MR) is 105 cm³/mol. The van der Waals surface area contributed by atoms with Gasteiger partial charge in [-0.1, -0.05) is 23.7 Å². The van der Waals surface area contributed by atoms with E-state index in [0.29, 0.717) is 27.5 Å². The van der Waals surface area contributed by atoms with Crippen molar-refractivity contribution >= 4 is 28.4 Å². The minimum Gasteiger partial charge on any atom is -0.478 e. The van der Waals surface area contributed by atoms with E-state index in [0.717, 1.165) is 0 Å². The molecule has 1 heterocycles. The minimum absolute atomic E-state index is 0.159. The van der Waals surface area contributed by atoms with E-state index >= 15 is 0 Å². The summed E-state index contributed by atoms with van der Waals surface area (Å²) in [4.78, 5) is 33.7. The summed E-state index contributed by atoms with van der Waals surface area (Å²) in [6, 6.07) is 13.9. The summed E-state index contributed by atoms with van der Waals surface area (Å²) in [5.74, 6) is 0.716. The fourth-order valence-corrected chi connectivity index (χ4v) is 2.93. The zero-order valence-electron chi connectivity index (χ0n) is 15.3. The molecule has 3 aromatic rings. The smallest absolute Gasteiger partial charge is 0.266 e. The highest BCUT2D eigenvalue weighted by atomic mass is 35.5. The Kier molecular flexibility index (Phi) is 5.19. The number of hydrogen-bond acceptors (Lipinski definition) is 4. The number of carbonyl (C=O) groups excluding carboxylic acids is 1. The maximum atomic E-state index is 12.8. The molecule has 7 heteroatoms. The average molecular weight is 386 g/mol. The number of hydrogen-bond donors (Lipinski definition) is 1. The number of halogens is 1. The van der Waals surface area contributed by atoms with Crippen LogP contribution >= 0.6 is 11.6 Å². The van der Waals surface area contributed by atoms with Gasteiger partial charge in [-0.3, -0.25) is 9.59 Å². The molecule has 140 valence electrons. The van der Waals surface area contributed by atoms with Gasteiger partial charge >= 0.3 is 0 Å². The van der Waals surface area contributed by atoms with Gasteiger partial charge in [-0.2, -0.15) is 0 Å².